The molecular formula is C12H21N3O. The lowest BCUT2D eigenvalue weighted by Crippen LogP contribution is -2.15. The molecule has 4 nitrogen and oxygen atoms in total. The van der Waals surface area contributed by atoms with Crippen LogP contribution >= 0.6 is 0 Å². The maximum atomic E-state index is 5.46. The molecular weight excluding hydrogens is 202 g/mol. The number of aromatic nitrogens is 2. The lowest BCUT2D eigenvalue weighted by molar-refractivity contribution is 0.0760. The van der Waals surface area contributed by atoms with Gasteiger partial charge < -0.3 is 10.1 Å². The Labute approximate surface area is 97.5 Å². The molecule has 0 atom stereocenters. The van der Waals surface area contributed by atoms with Crippen molar-refractivity contribution in [1.82, 2.24) is 15.3 Å². The number of hydrogen-bond acceptors (Lipinski definition) is 4. The molecule has 0 unspecified atom stereocenters. The van der Waals surface area contributed by atoms with Crippen LogP contribution in [0.25, 0.3) is 0 Å². The van der Waals surface area contributed by atoms with Gasteiger partial charge >= 0.3 is 0 Å². The third-order valence-electron chi connectivity index (χ3n) is 2.14. The Morgan fingerprint density at radius 3 is 2.69 bits per heavy atom. The summed E-state index contributed by atoms with van der Waals surface area (Å²) < 4.78 is 5.46. The fourth-order valence-corrected chi connectivity index (χ4v) is 1.33. The highest BCUT2D eigenvalue weighted by Gasteiger charge is 1.94. The summed E-state index contributed by atoms with van der Waals surface area (Å²) >= 11 is 0. The molecule has 16 heavy (non-hydrogen) atoms. The van der Waals surface area contributed by atoms with Crippen molar-refractivity contribution in [1.29, 1.82) is 0 Å². The molecule has 0 aromatic carbocycles. The number of unbranched alkanes of at least 4 members (excludes halogenated alkanes) is 1. The largest absolute Gasteiger partial charge is 0.379 e. The third kappa shape index (κ3) is 6.48. The first-order valence-electron chi connectivity index (χ1n) is 5.85. The summed E-state index contributed by atoms with van der Waals surface area (Å²) in [7, 11) is 0. The van der Waals surface area contributed by atoms with E-state index >= 15 is 0 Å². The molecule has 0 aliphatic carbocycles. The van der Waals surface area contributed by atoms with Gasteiger partial charge in [0.15, 0.2) is 0 Å². The van der Waals surface area contributed by atoms with Crippen LogP contribution in [0.2, 0.25) is 0 Å². The van der Waals surface area contributed by atoms with Crippen LogP contribution in [0, 0.1) is 0 Å². The van der Waals surface area contributed by atoms with Crippen LogP contribution in [0.15, 0.2) is 18.7 Å². The highest BCUT2D eigenvalue weighted by Crippen LogP contribution is 1.95. The van der Waals surface area contributed by atoms with E-state index in [1.54, 1.807) is 6.33 Å². The van der Waals surface area contributed by atoms with Gasteiger partial charge in [0.1, 0.15) is 6.33 Å². The van der Waals surface area contributed by atoms with E-state index in [-0.39, 0.29) is 0 Å². The normalized spacial score (nSPS) is 10.9. The van der Waals surface area contributed by atoms with Gasteiger partial charge in [-0.05, 0) is 33.2 Å². The molecule has 0 saturated carbocycles. The quantitative estimate of drug-likeness (QED) is 0.682. The number of rotatable bonds is 8. The summed E-state index contributed by atoms with van der Waals surface area (Å²) in [6.45, 7) is 6.83. The smallest absolute Gasteiger partial charge is 0.115 e. The van der Waals surface area contributed by atoms with Gasteiger partial charge in [-0.15, -0.1) is 0 Å². The monoisotopic (exact) mass is 223 g/mol. The van der Waals surface area contributed by atoms with E-state index in [2.05, 4.69) is 29.1 Å². The van der Waals surface area contributed by atoms with Crippen LogP contribution in [0.5, 0.6) is 0 Å². The average molecular weight is 223 g/mol. The van der Waals surface area contributed by atoms with Crippen LogP contribution in [0.4, 0.5) is 0 Å². The molecule has 0 aliphatic rings. The number of nitrogens with one attached hydrogen (secondary N) is 1. The number of nitrogens with zero attached hydrogens (tertiary/aromatic N) is 2. The Hall–Kier alpha value is -1.00. The van der Waals surface area contributed by atoms with Gasteiger partial charge in [0.2, 0.25) is 0 Å². The lowest BCUT2D eigenvalue weighted by Gasteiger charge is -2.07. The van der Waals surface area contributed by atoms with E-state index in [9.17, 15) is 0 Å². The Balaban J connectivity index is 1.93. The molecule has 1 aromatic rings. The summed E-state index contributed by atoms with van der Waals surface area (Å²) in [4.78, 5) is 7.92. The van der Waals surface area contributed by atoms with Crippen molar-refractivity contribution in [3.8, 4) is 0 Å². The van der Waals surface area contributed by atoms with E-state index in [1.807, 2.05) is 12.4 Å². The van der Waals surface area contributed by atoms with E-state index in [0.717, 1.165) is 38.1 Å². The highest BCUT2D eigenvalue weighted by molar-refractivity contribution is 5.01. The second-order valence-electron chi connectivity index (χ2n) is 4.05. The maximum Gasteiger partial charge on any atom is 0.115 e. The molecule has 0 bridgehead atoms. The van der Waals surface area contributed by atoms with Gasteiger partial charge in [0, 0.05) is 31.1 Å². The van der Waals surface area contributed by atoms with E-state index in [4.69, 9.17) is 4.74 Å². The Bertz CT molecular complexity index is 264. The molecule has 1 aromatic heterocycles. The predicted molar refractivity (Wildman–Crippen MR) is 64.1 cm³/mol. The fourth-order valence-electron chi connectivity index (χ4n) is 1.33. The molecule has 0 fully saturated rings. The second-order valence-corrected chi connectivity index (χ2v) is 4.05. The van der Waals surface area contributed by atoms with Crippen molar-refractivity contribution in [3.63, 3.8) is 0 Å². The zero-order valence-electron chi connectivity index (χ0n) is 10.1. The average Bonchev–Trinajstić information content (AvgIpc) is 2.29. The van der Waals surface area contributed by atoms with Crippen molar-refractivity contribution in [2.24, 2.45) is 0 Å². The molecule has 1 heterocycles. The first kappa shape index (κ1) is 13.1. The topological polar surface area (TPSA) is 47.0 Å². The van der Waals surface area contributed by atoms with Crippen LogP contribution in [-0.4, -0.2) is 29.2 Å². The van der Waals surface area contributed by atoms with Gasteiger partial charge in [-0.3, -0.25) is 0 Å². The Morgan fingerprint density at radius 1 is 1.25 bits per heavy atom. The molecule has 0 aliphatic heterocycles. The van der Waals surface area contributed by atoms with Crippen molar-refractivity contribution >= 4 is 0 Å². The summed E-state index contributed by atoms with van der Waals surface area (Å²) in [6, 6.07) is 0. The van der Waals surface area contributed by atoms with Crippen molar-refractivity contribution in [2.75, 3.05) is 13.2 Å². The third-order valence-corrected chi connectivity index (χ3v) is 2.14. The zero-order chi connectivity index (χ0) is 11.6. The van der Waals surface area contributed by atoms with Crippen LogP contribution < -0.4 is 5.32 Å². The van der Waals surface area contributed by atoms with Crippen LogP contribution in [-0.2, 0) is 11.3 Å². The number of hydrogen-bond donors (Lipinski definition) is 1. The zero-order valence-corrected chi connectivity index (χ0v) is 10.1. The standard InChI is InChI=1S/C12H21N3O/c1-11(2)16-6-4-3-5-13-7-12-8-14-10-15-9-12/h8-11,13H,3-7H2,1-2H3. The lowest BCUT2D eigenvalue weighted by atomic mass is 10.3. The minimum absolute atomic E-state index is 0.342. The van der Waals surface area contributed by atoms with E-state index in [0.29, 0.717) is 6.10 Å². The first-order chi connectivity index (χ1) is 7.79. The van der Waals surface area contributed by atoms with Crippen molar-refractivity contribution in [2.45, 2.75) is 39.3 Å². The van der Waals surface area contributed by atoms with E-state index < -0.39 is 0 Å². The van der Waals surface area contributed by atoms with Crippen LogP contribution in [0.1, 0.15) is 32.3 Å². The van der Waals surface area contributed by atoms with E-state index in [1.165, 1.54) is 0 Å². The van der Waals surface area contributed by atoms with Crippen molar-refractivity contribution in [3.05, 3.63) is 24.3 Å². The highest BCUT2D eigenvalue weighted by atomic mass is 16.5. The molecule has 0 radical (unpaired) electrons. The maximum absolute atomic E-state index is 5.46. The predicted octanol–water partition coefficient (Wildman–Crippen LogP) is 1.77. The Kier molecular flexibility index (Phi) is 6.69. The first-order valence-corrected chi connectivity index (χ1v) is 5.85. The minimum atomic E-state index is 0.342. The van der Waals surface area contributed by atoms with Gasteiger partial charge in [-0.25, -0.2) is 9.97 Å². The molecule has 1 N–H and O–H groups in total. The van der Waals surface area contributed by atoms with Gasteiger partial charge in [-0.2, -0.15) is 0 Å². The molecule has 90 valence electrons. The van der Waals surface area contributed by atoms with Gasteiger partial charge in [0.25, 0.3) is 0 Å². The summed E-state index contributed by atoms with van der Waals surface area (Å²) in [5.41, 5.74) is 1.13. The van der Waals surface area contributed by atoms with Crippen molar-refractivity contribution < 1.29 is 4.74 Å². The summed E-state index contributed by atoms with van der Waals surface area (Å²) in [6.07, 6.45) is 7.81. The molecule has 1 rings (SSSR count). The van der Waals surface area contributed by atoms with Gasteiger partial charge in [0.05, 0.1) is 6.10 Å². The minimum Gasteiger partial charge on any atom is -0.379 e. The van der Waals surface area contributed by atoms with Crippen LogP contribution in [0.3, 0.4) is 0 Å². The summed E-state index contributed by atoms with van der Waals surface area (Å²) in [5, 5.41) is 3.35. The molecule has 4 heteroatoms. The molecule has 0 spiro atoms. The molecule has 0 amide bonds. The second kappa shape index (κ2) is 8.19. The Morgan fingerprint density at radius 2 is 2.00 bits per heavy atom. The summed E-state index contributed by atoms with van der Waals surface area (Å²) in [5.74, 6) is 0. The number of ether oxygens (including phenoxy) is 1. The molecule has 0 saturated heterocycles. The van der Waals surface area contributed by atoms with Gasteiger partial charge in [-0.1, -0.05) is 0 Å². The fraction of sp³-hybridized carbons (Fsp3) is 0.667. The SMILES string of the molecule is CC(C)OCCCCNCc1cncnc1.